The quantitative estimate of drug-likeness (QED) is 0.539. The summed E-state index contributed by atoms with van der Waals surface area (Å²) in [4.78, 5) is 0. The maximum absolute atomic E-state index is 2.94. The summed E-state index contributed by atoms with van der Waals surface area (Å²) in [5, 5.41) is 0. The van der Waals surface area contributed by atoms with E-state index in [1.807, 2.05) is 0 Å². The van der Waals surface area contributed by atoms with E-state index in [2.05, 4.69) is 87.0 Å². The third kappa shape index (κ3) is 7.74. The minimum atomic E-state index is -1.19. The minimum Gasteiger partial charge on any atom is -0.346 e. The summed E-state index contributed by atoms with van der Waals surface area (Å²) in [6.07, 6.45) is 1.35. The van der Waals surface area contributed by atoms with Gasteiger partial charge in [0.15, 0.2) is 0 Å². The highest BCUT2D eigenvalue weighted by atomic mass is 28.4. The summed E-state index contributed by atoms with van der Waals surface area (Å²) in [7, 11) is -4.75. The summed E-state index contributed by atoms with van der Waals surface area (Å²) in [5.41, 5.74) is 0. The Kier molecular flexibility index (Phi) is 7.40. The predicted molar refractivity (Wildman–Crippen MR) is 111 cm³/mol. The van der Waals surface area contributed by atoms with Crippen LogP contribution in [0.2, 0.25) is 78.6 Å². The van der Waals surface area contributed by atoms with Gasteiger partial charge in [-0.1, -0.05) is 78.6 Å². The number of nitrogens with zero attached hydrogens (tertiary/aromatic N) is 2. The second-order valence-corrected chi connectivity index (χ2v) is 30.8. The van der Waals surface area contributed by atoms with Crippen molar-refractivity contribution in [2.45, 2.75) is 85.0 Å². The average Bonchev–Trinajstić information content (AvgIpc) is 2.07. The molecule has 0 spiro atoms. The highest BCUT2D eigenvalue weighted by molar-refractivity contribution is 6.90. The number of hydrogen-bond acceptors (Lipinski definition) is 2. The van der Waals surface area contributed by atoms with Gasteiger partial charge in [-0.25, -0.2) is 0 Å². The van der Waals surface area contributed by atoms with E-state index in [0.29, 0.717) is 0 Å². The van der Waals surface area contributed by atoms with Gasteiger partial charge in [-0.15, -0.1) is 0 Å². The van der Waals surface area contributed by atoms with Crippen LogP contribution in [0.4, 0.5) is 0 Å². The van der Waals surface area contributed by atoms with Crippen molar-refractivity contribution in [2.75, 3.05) is 13.1 Å². The molecule has 0 bridgehead atoms. The van der Waals surface area contributed by atoms with Crippen LogP contribution in [0.15, 0.2) is 0 Å². The molecule has 0 saturated heterocycles. The van der Waals surface area contributed by atoms with E-state index >= 15 is 0 Å². The summed E-state index contributed by atoms with van der Waals surface area (Å²) in [6.45, 7) is 32.8. The zero-order valence-electron chi connectivity index (χ0n) is 17.0. The lowest BCUT2D eigenvalue weighted by atomic mass is 10.4. The van der Waals surface area contributed by atoms with Gasteiger partial charge in [-0.3, -0.25) is 0 Å². The normalized spacial score (nSPS) is 15.1. The Balaban J connectivity index is 4.84. The Hall–Kier alpha value is 0.788. The molecule has 0 heterocycles. The first kappa shape index (κ1) is 21.8. The lowest BCUT2D eigenvalue weighted by molar-refractivity contribution is 0.514. The molecule has 0 rings (SSSR count). The van der Waals surface area contributed by atoms with E-state index in [9.17, 15) is 0 Å². The zero-order chi connectivity index (χ0) is 17.3. The van der Waals surface area contributed by atoms with Crippen molar-refractivity contribution in [2.24, 2.45) is 0 Å². The van der Waals surface area contributed by atoms with Crippen LogP contribution in [0.3, 0.4) is 0 Å². The molecule has 21 heavy (non-hydrogen) atoms. The van der Waals surface area contributed by atoms with Crippen LogP contribution in [-0.4, -0.2) is 54.5 Å². The van der Waals surface area contributed by atoms with Crippen molar-refractivity contribution in [3.05, 3.63) is 0 Å². The molecule has 0 aromatic heterocycles. The average molecular weight is 363 g/mol. The lowest BCUT2D eigenvalue weighted by Gasteiger charge is -2.46. The number of hydrogen-bond donors (Lipinski definition) is 0. The van der Waals surface area contributed by atoms with Crippen LogP contribution in [0.1, 0.15) is 6.42 Å². The maximum atomic E-state index is 2.94. The smallest absolute Gasteiger partial charge is 0.112 e. The molecule has 0 amide bonds. The van der Waals surface area contributed by atoms with Crippen LogP contribution in [-0.2, 0) is 0 Å². The van der Waals surface area contributed by atoms with Crippen molar-refractivity contribution in [3.63, 3.8) is 0 Å². The molecule has 0 aliphatic heterocycles. The SMILES string of the molecule is C[Si](C)(C)N(CCCN([Si](C)(C)C)[Si](C)(C)C)[Si](C)(C)C. The molecule has 2 nitrogen and oxygen atoms in total. The molecular weight excluding hydrogens is 321 g/mol. The van der Waals surface area contributed by atoms with E-state index in [1.165, 1.54) is 19.5 Å². The molecule has 0 fully saturated rings. The van der Waals surface area contributed by atoms with Crippen molar-refractivity contribution >= 4 is 32.9 Å². The summed E-state index contributed by atoms with van der Waals surface area (Å²) >= 11 is 0. The molecule has 0 aliphatic carbocycles. The minimum absolute atomic E-state index is 1.19. The van der Waals surface area contributed by atoms with Crippen LogP contribution >= 0.6 is 0 Å². The van der Waals surface area contributed by atoms with Gasteiger partial charge in [0, 0.05) is 0 Å². The molecular formula is C15H42N2Si4. The van der Waals surface area contributed by atoms with Crippen molar-refractivity contribution in [3.8, 4) is 0 Å². The fourth-order valence-electron chi connectivity index (χ4n) is 3.74. The highest BCUT2D eigenvalue weighted by Crippen LogP contribution is 2.23. The van der Waals surface area contributed by atoms with E-state index in [0.717, 1.165) is 0 Å². The topological polar surface area (TPSA) is 6.48 Å². The van der Waals surface area contributed by atoms with E-state index in [4.69, 9.17) is 0 Å². The van der Waals surface area contributed by atoms with Gasteiger partial charge in [0.2, 0.25) is 0 Å². The molecule has 0 aromatic rings. The lowest BCUT2D eigenvalue weighted by Crippen LogP contribution is -2.61. The Bertz CT molecular complexity index is 259. The molecule has 0 saturated carbocycles. The van der Waals surface area contributed by atoms with Gasteiger partial charge in [0.25, 0.3) is 0 Å². The van der Waals surface area contributed by atoms with Gasteiger partial charge in [-0.05, 0) is 19.5 Å². The summed E-state index contributed by atoms with van der Waals surface area (Å²) in [6, 6.07) is 0. The molecule has 6 heteroatoms. The van der Waals surface area contributed by atoms with E-state index in [-0.39, 0.29) is 0 Å². The first-order chi connectivity index (χ1) is 8.97. The molecule has 0 unspecified atom stereocenters. The molecule has 0 atom stereocenters. The molecule has 0 aliphatic rings. The standard InChI is InChI=1S/C15H42N2Si4/c1-18(2,3)16(19(4,5)6)14-13-15-17(20(7,8)9)21(10,11)12/h13-15H2,1-12H3. The largest absolute Gasteiger partial charge is 0.346 e. The van der Waals surface area contributed by atoms with Crippen molar-refractivity contribution in [1.29, 1.82) is 0 Å². The third-order valence-corrected chi connectivity index (χ3v) is 19.4. The van der Waals surface area contributed by atoms with Gasteiger partial charge >= 0.3 is 0 Å². The zero-order valence-corrected chi connectivity index (χ0v) is 21.0. The van der Waals surface area contributed by atoms with Gasteiger partial charge < -0.3 is 8.46 Å². The Morgan fingerprint density at radius 2 is 0.619 bits per heavy atom. The van der Waals surface area contributed by atoms with E-state index in [1.54, 1.807) is 0 Å². The number of rotatable bonds is 8. The monoisotopic (exact) mass is 362 g/mol. The Morgan fingerprint density at radius 1 is 0.429 bits per heavy atom. The fraction of sp³-hybridized carbons (Fsp3) is 1.00. The van der Waals surface area contributed by atoms with E-state index < -0.39 is 32.9 Å². The molecule has 0 radical (unpaired) electrons. The predicted octanol–water partition coefficient (Wildman–Crippen LogP) is 5.32. The summed E-state index contributed by atoms with van der Waals surface area (Å²) < 4.78 is 5.87. The van der Waals surface area contributed by atoms with Gasteiger partial charge in [0.05, 0.1) is 0 Å². The molecule has 0 N–H and O–H groups in total. The first-order valence-corrected chi connectivity index (χ1v) is 22.3. The second kappa shape index (κ2) is 7.13. The summed E-state index contributed by atoms with van der Waals surface area (Å²) in [5.74, 6) is 0. The molecule has 128 valence electrons. The Labute approximate surface area is 139 Å². The van der Waals surface area contributed by atoms with Gasteiger partial charge in [0.1, 0.15) is 32.9 Å². The maximum Gasteiger partial charge on any atom is 0.112 e. The van der Waals surface area contributed by atoms with Crippen LogP contribution in [0, 0.1) is 0 Å². The fourth-order valence-corrected chi connectivity index (χ4v) is 23.2. The van der Waals surface area contributed by atoms with Gasteiger partial charge in [-0.2, -0.15) is 0 Å². The van der Waals surface area contributed by atoms with Crippen molar-refractivity contribution < 1.29 is 0 Å². The molecule has 0 aromatic carbocycles. The van der Waals surface area contributed by atoms with Crippen LogP contribution in [0.5, 0.6) is 0 Å². The first-order valence-electron chi connectivity index (χ1n) is 8.53. The van der Waals surface area contributed by atoms with Crippen LogP contribution < -0.4 is 0 Å². The third-order valence-electron chi connectivity index (χ3n) is 4.00. The second-order valence-electron chi connectivity index (χ2n) is 10.3. The van der Waals surface area contributed by atoms with Crippen molar-refractivity contribution in [1.82, 2.24) is 8.46 Å². The van der Waals surface area contributed by atoms with Crippen LogP contribution in [0.25, 0.3) is 0 Å². The Morgan fingerprint density at radius 3 is 0.762 bits per heavy atom. The highest BCUT2D eigenvalue weighted by Gasteiger charge is 2.36.